The van der Waals surface area contributed by atoms with E-state index >= 15 is 0 Å². The molecule has 1 aromatic carbocycles. The third-order valence-corrected chi connectivity index (χ3v) is 5.20. The number of hydrogen-bond donors (Lipinski definition) is 0. The summed E-state index contributed by atoms with van der Waals surface area (Å²) in [5.74, 6) is -0.644. The molecule has 1 amide bonds. The maximum atomic E-state index is 12.3. The first kappa shape index (κ1) is 15.7. The van der Waals surface area contributed by atoms with Crippen molar-refractivity contribution in [3.8, 4) is 10.4 Å². The molecular weight excluding hydrogens is 310 g/mol. The Morgan fingerprint density at radius 3 is 2.61 bits per heavy atom. The first-order valence-corrected chi connectivity index (χ1v) is 8.42. The molecule has 0 spiro atoms. The van der Waals surface area contributed by atoms with Gasteiger partial charge in [0.2, 0.25) is 0 Å². The molecule has 0 unspecified atom stereocenters. The fraction of sp³-hybridized carbons (Fsp3) is 0.333. The van der Waals surface area contributed by atoms with Gasteiger partial charge in [-0.15, -0.1) is 11.3 Å². The van der Waals surface area contributed by atoms with Crippen molar-refractivity contribution in [1.29, 1.82) is 0 Å². The van der Waals surface area contributed by atoms with E-state index in [9.17, 15) is 9.59 Å². The van der Waals surface area contributed by atoms with Crippen molar-refractivity contribution in [3.05, 3.63) is 46.3 Å². The number of rotatable bonds is 3. The summed E-state index contributed by atoms with van der Waals surface area (Å²) in [7, 11) is 3.29. The quantitative estimate of drug-likeness (QED) is 0.813. The maximum absolute atomic E-state index is 12.3. The Labute approximate surface area is 139 Å². The molecule has 0 aliphatic heterocycles. The summed E-state index contributed by atoms with van der Waals surface area (Å²) in [6.07, 6.45) is 1.15. The fourth-order valence-corrected chi connectivity index (χ4v) is 3.96. The highest BCUT2D eigenvalue weighted by atomic mass is 32.1. The van der Waals surface area contributed by atoms with Crippen LogP contribution < -0.4 is 0 Å². The van der Waals surface area contributed by atoms with E-state index in [4.69, 9.17) is 4.74 Å². The lowest BCUT2D eigenvalue weighted by atomic mass is 9.91. The number of thiophene rings is 1. The van der Waals surface area contributed by atoms with Gasteiger partial charge in [-0.05, 0) is 42.5 Å². The zero-order valence-corrected chi connectivity index (χ0v) is 14.3. The van der Waals surface area contributed by atoms with Gasteiger partial charge in [0.15, 0.2) is 6.10 Å². The first-order valence-electron chi connectivity index (χ1n) is 7.60. The second kappa shape index (κ2) is 6.16. The standard InChI is InChI=1S/C18H19NO3S/c1-11(17(20)19(2)3)22-18(21)15-10-13-9-8-12-6-4-5-7-14(12)16(13)23-15/h4-7,10-11H,8-9H2,1-3H3/t11-/m1/s1. The normalized spacial score (nSPS) is 13.7. The molecule has 1 aromatic heterocycles. The lowest BCUT2D eigenvalue weighted by Gasteiger charge is -2.16. The number of fused-ring (bicyclic) bond motifs is 3. The molecule has 23 heavy (non-hydrogen) atoms. The van der Waals surface area contributed by atoms with Crippen LogP contribution >= 0.6 is 11.3 Å². The van der Waals surface area contributed by atoms with E-state index in [1.807, 2.05) is 18.2 Å². The Kier molecular flexibility index (Phi) is 4.22. The number of hydrogen-bond acceptors (Lipinski definition) is 4. The summed E-state index contributed by atoms with van der Waals surface area (Å²) in [5.41, 5.74) is 3.71. The van der Waals surface area contributed by atoms with E-state index in [1.54, 1.807) is 21.0 Å². The van der Waals surface area contributed by atoms with Gasteiger partial charge in [0.25, 0.3) is 5.91 Å². The third-order valence-electron chi connectivity index (χ3n) is 4.01. The van der Waals surface area contributed by atoms with Crippen molar-refractivity contribution in [1.82, 2.24) is 4.90 Å². The van der Waals surface area contributed by atoms with Crippen molar-refractivity contribution < 1.29 is 14.3 Å². The van der Waals surface area contributed by atoms with E-state index in [-0.39, 0.29) is 5.91 Å². The van der Waals surface area contributed by atoms with Crippen molar-refractivity contribution in [3.63, 3.8) is 0 Å². The van der Waals surface area contributed by atoms with Gasteiger partial charge in [-0.1, -0.05) is 24.3 Å². The Hall–Kier alpha value is -2.14. The Bertz CT molecular complexity index is 763. The zero-order valence-electron chi connectivity index (χ0n) is 13.5. The first-order chi connectivity index (χ1) is 11.0. The van der Waals surface area contributed by atoms with Crippen LogP contribution in [-0.2, 0) is 22.4 Å². The van der Waals surface area contributed by atoms with Gasteiger partial charge >= 0.3 is 5.97 Å². The monoisotopic (exact) mass is 329 g/mol. The lowest BCUT2D eigenvalue weighted by Crippen LogP contribution is -2.34. The molecule has 1 aliphatic rings. The molecule has 1 heterocycles. The van der Waals surface area contributed by atoms with E-state index in [0.29, 0.717) is 4.88 Å². The summed E-state index contributed by atoms with van der Waals surface area (Å²) in [5, 5.41) is 0. The van der Waals surface area contributed by atoms with Crippen molar-refractivity contribution in [2.45, 2.75) is 25.9 Å². The number of esters is 1. The van der Waals surface area contributed by atoms with E-state index in [2.05, 4.69) is 12.1 Å². The molecule has 4 nitrogen and oxygen atoms in total. The summed E-state index contributed by atoms with van der Waals surface area (Å²) in [4.78, 5) is 27.3. The van der Waals surface area contributed by atoms with E-state index in [0.717, 1.165) is 17.7 Å². The predicted octanol–water partition coefficient (Wildman–Crippen LogP) is 3.15. The molecule has 0 bridgehead atoms. The fourth-order valence-electron chi connectivity index (χ4n) is 2.80. The highest BCUT2D eigenvalue weighted by Crippen LogP contribution is 2.39. The molecule has 2 aromatic rings. The highest BCUT2D eigenvalue weighted by molar-refractivity contribution is 7.17. The highest BCUT2D eigenvalue weighted by Gasteiger charge is 2.25. The molecule has 0 saturated carbocycles. The van der Waals surface area contributed by atoms with Gasteiger partial charge in [-0.3, -0.25) is 4.79 Å². The van der Waals surface area contributed by atoms with Gasteiger partial charge in [0, 0.05) is 19.0 Å². The summed E-state index contributed by atoms with van der Waals surface area (Å²) < 4.78 is 5.31. The number of carbonyl (C=O) groups excluding carboxylic acids is 2. The van der Waals surface area contributed by atoms with Gasteiger partial charge in [0.05, 0.1) is 0 Å². The van der Waals surface area contributed by atoms with Crippen molar-refractivity contribution in [2.24, 2.45) is 0 Å². The number of carbonyl (C=O) groups is 2. The number of benzene rings is 1. The average Bonchev–Trinajstić information content (AvgIpc) is 2.98. The Morgan fingerprint density at radius 2 is 1.87 bits per heavy atom. The minimum Gasteiger partial charge on any atom is -0.448 e. The molecule has 3 rings (SSSR count). The second-order valence-corrected chi connectivity index (χ2v) is 6.95. The number of amides is 1. The smallest absolute Gasteiger partial charge is 0.349 e. The number of aryl methyl sites for hydroxylation is 2. The molecule has 5 heteroatoms. The summed E-state index contributed by atoms with van der Waals surface area (Å²) >= 11 is 1.45. The molecule has 0 radical (unpaired) electrons. The van der Waals surface area contributed by atoms with Crippen LogP contribution in [0.25, 0.3) is 10.4 Å². The van der Waals surface area contributed by atoms with Crippen molar-refractivity contribution in [2.75, 3.05) is 14.1 Å². The molecule has 0 fully saturated rings. The van der Waals surface area contributed by atoms with Crippen LogP contribution in [0.3, 0.4) is 0 Å². The molecule has 1 atom stereocenters. The van der Waals surface area contributed by atoms with Crippen LogP contribution in [-0.4, -0.2) is 37.0 Å². The summed E-state index contributed by atoms with van der Waals surface area (Å²) in [6, 6.07) is 10.2. The SMILES string of the molecule is C[C@@H](OC(=O)c1cc2c(s1)-c1ccccc1CC2)C(=O)N(C)C. The number of likely N-dealkylation sites (N-methyl/N-ethyl adjacent to an activating group) is 1. The van der Waals surface area contributed by atoms with Crippen LogP contribution in [0.1, 0.15) is 27.7 Å². The van der Waals surface area contributed by atoms with Gasteiger partial charge < -0.3 is 9.64 Å². The molecule has 0 saturated heterocycles. The largest absolute Gasteiger partial charge is 0.448 e. The van der Waals surface area contributed by atoms with Crippen LogP contribution in [0.4, 0.5) is 0 Å². The minimum absolute atomic E-state index is 0.218. The van der Waals surface area contributed by atoms with Crippen LogP contribution in [0.5, 0.6) is 0 Å². The molecular formula is C18H19NO3S. The number of ether oxygens (including phenoxy) is 1. The lowest BCUT2D eigenvalue weighted by molar-refractivity contribution is -0.137. The van der Waals surface area contributed by atoms with E-state index in [1.165, 1.54) is 32.9 Å². The molecule has 1 aliphatic carbocycles. The van der Waals surface area contributed by atoms with E-state index < -0.39 is 12.1 Å². The number of nitrogens with zero attached hydrogens (tertiary/aromatic N) is 1. The van der Waals surface area contributed by atoms with Crippen LogP contribution in [0, 0.1) is 0 Å². The zero-order chi connectivity index (χ0) is 16.6. The van der Waals surface area contributed by atoms with Crippen LogP contribution in [0.15, 0.2) is 30.3 Å². The van der Waals surface area contributed by atoms with Crippen molar-refractivity contribution >= 4 is 23.2 Å². The summed E-state index contributed by atoms with van der Waals surface area (Å²) in [6.45, 7) is 1.60. The van der Waals surface area contributed by atoms with Gasteiger partial charge in [-0.25, -0.2) is 4.79 Å². The second-order valence-electron chi connectivity index (χ2n) is 5.90. The average molecular weight is 329 g/mol. The maximum Gasteiger partial charge on any atom is 0.349 e. The third kappa shape index (κ3) is 3.01. The minimum atomic E-state index is -0.774. The Balaban J connectivity index is 1.83. The molecule has 0 N–H and O–H groups in total. The van der Waals surface area contributed by atoms with Gasteiger partial charge in [-0.2, -0.15) is 0 Å². The van der Waals surface area contributed by atoms with Gasteiger partial charge in [0.1, 0.15) is 4.88 Å². The predicted molar refractivity (Wildman–Crippen MR) is 90.7 cm³/mol. The Morgan fingerprint density at radius 1 is 1.17 bits per heavy atom. The van der Waals surface area contributed by atoms with Crippen LogP contribution in [0.2, 0.25) is 0 Å². The molecule has 120 valence electrons. The topological polar surface area (TPSA) is 46.6 Å².